The molecule has 1 atom stereocenters. The van der Waals surface area contributed by atoms with Crippen LogP contribution < -0.4 is 5.32 Å². The molecule has 2 aromatic rings. The fourth-order valence-electron chi connectivity index (χ4n) is 3.03. The van der Waals surface area contributed by atoms with E-state index in [1.165, 1.54) is 11.1 Å². The van der Waals surface area contributed by atoms with Gasteiger partial charge in [0.2, 0.25) is 0 Å². The van der Waals surface area contributed by atoms with Crippen molar-refractivity contribution in [3.63, 3.8) is 0 Å². The zero-order valence-corrected chi connectivity index (χ0v) is 15.5. The van der Waals surface area contributed by atoms with Gasteiger partial charge in [-0.25, -0.2) is 0 Å². The maximum absolute atomic E-state index is 12.3. The minimum atomic E-state index is -0.998. The summed E-state index contributed by atoms with van der Waals surface area (Å²) in [5.41, 5.74) is 2.80. The molecule has 4 nitrogen and oxygen atoms in total. The van der Waals surface area contributed by atoms with Gasteiger partial charge in [0.15, 0.2) is 5.96 Å². The highest BCUT2D eigenvalue weighted by molar-refractivity contribution is 7.85. The van der Waals surface area contributed by atoms with E-state index in [-0.39, 0.29) is 0 Å². The van der Waals surface area contributed by atoms with Crippen molar-refractivity contribution in [1.82, 2.24) is 10.2 Å². The van der Waals surface area contributed by atoms with E-state index in [2.05, 4.69) is 41.4 Å². The molecule has 25 heavy (non-hydrogen) atoms. The number of hydrogen-bond acceptors (Lipinski definition) is 2. The third kappa shape index (κ3) is 4.69. The Bertz CT molecular complexity index is 746. The maximum Gasteiger partial charge on any atom is 0.194 e. The van der Waals surface area contributed by atoms with E-state index in [1.807, 2.05) is 30.3 Å². The van der Waals surface area contributed by atoms with Crippen molar-refractivity contribution in [2.75, 3.05) is 25.4 Å². The highest BCUT2D eigenvalue weighted by Gasteiger charge is 2.18. The van der Waals surface area contributed by atoms with Crippen molar-refractivity contribution in [2.45, 2.75) is 24.8 Å². The second-order valence-corrected chi connectivity index (χ2v) is 7.61. The van der Waals surface area contributed by atoms with E-state index >= 15 is 0 Å². The molecular weight excluding hydrogens is 330 g/mol. The van der Waals surface area contributed by atoms with Crippen LogP contribution in [0, 0.1) is 0 Å². The molecule has 1 N–H and O–H groups in total. The molecule has 0 radical (unpaired) electrons. The molecule has 0 aromatic heterocycles. The van der Waals surface area contributed by atoms with Crippen molar-refractivity contribution in [3.05, 3.63) is 65.7 Å². The Morgan fingerprint density at radius 2 is 1.84 bits per heavy atom. The number of nitrogens with zero attached hydrogens (tertiary/aromatic N) is 2. The lowest BCUT2D eigenvalue weighted by Crippen LogP contribution is -2.44. The van der Waals surface area contributed by atoms with Gasteiger partial charge in [0.05, 0.1) is 17.3 Å². The molecule has 0 saturated carbocycles. The SMILES string of the molecule is CCNC(=NCCS(=O)c1ccccc1)N1CCc2ccccc2C1. The molecule has 0 amide bonds. The number of fused-ring (bicyclic) bond motifs is 1. The van der Waals surface area contributed by atoms with E-state index in [4.69, 9.17) is 4.99 Å². The van der Waals surface area contributed by atoms with Crippen molar-refractivity contribution in [3.8, 4) is 0 Å². The number of guanidine groups is 1. The molecule has 2 aromatic carbocycles. The van der Waals surface area contributed by atoms with Crippen LogP contribution in [-0.4, -0.2) is 40.5 Å². The summed E-state index contributed by atoms with van der Waals surface area (Å²) in [4.78, 5) is 7.87. The summed E-state index contributed by atoms with van der Waals surface area (Å²) in [7, 11) is -0.998. The van der Waals surface area contributed by atoms with Gasteiger partial charge in [-0.1, -0.05) is 42.5 Å². The highest BCUT2D eigenvalue weighted by atomic mass is 32.2. The van der Waals surface area contributed by atoms with Gasteiger partial charge >= 0.3 is 0 Å². The molecule has 1 heterocycles. The van der Waals surface area contributed by atoms with Crippen molar-refractivity contribution >= 4 is 16.8 Å². The zero-order valence-electron chi connectivity index (χ0n) is 14.6. The van der Waals surface area contributed by atoms with Crippen LogP contribution in [0.4, 0.5) is 0 Å². The Morgan fingerprint density at radius 1 is 1.12 bits per heavy atom. The first kappa shape index (κ1) is 17.7. The van der Waals surface area contributed by atoms with Crippen molar-refractivity contribution < 1.29 is 4.21 Å². The predicted molar refractivity (Wildman–Crippen MR) is 104 cm³/mol. The van der Waals surface area contributed by atoms with Crippen LogP contribution in [0.3, 0.4) is 0 Å². The number of benzene rings is 2. The number of hydrogen-bond donors (Lipinski definition) is 1. The Balaban J connectivity index is 1.63. The second kappa shape index (κ2) is 8.81. The summed E-state index contributed by atoms with van der Waals surface area (Å²) in [6.45, 7) is 5.31. The van der Waals surface area contributed by atoms with E-state index in [9.17, 15) is 4.21 Å². The van der Waals surface area contributed by atoms with Gasteiger partial charge in [0.25, 0.3) is 0 Å². The molecule has 1 unspecified atom stereocenters. The molecule has 0 spiro atoms. The van der Waals surface area contributed by atoms with Crippen LogP contribution in [0.1, 0.15) is 18.1 Å². The summed E-state index contributed by atoms with van der Waals surface area (Å²) >= 11 is 0. The standard InChI is InChI=1S/C20H25N3OS/c1-2-21-20(22-13-15-25(24)19-10-4-3-5-11-19)23-14-12-17-8-6-7-9-18(17)16-23/h3-11H,2,12-16H2,1H3,(H,21,22). The Kier molecular flexibility index (Phi) is 6.23. The Labute approximate surface area is 152 Å². The Morgan fingerprint density at radius 3 is 2.60 bits per heavy atom. The predicted octanol–water partition coefficient (Wildman–Crippen LogP) is 2.82. The summed E-state index contributed by atoms with van der Waals surface area (Å²) in [6, 6.07) is 18.2. The van der Waals surface area contributed by atoms with Gasteiger partial charge in [-0.2, -0.15) is 0 Å². The van der Waals surface area contributed by atoms with E-state index in [0.717, 1.165) is 36.9 Å². The largest absolute Gasteiger partial charge is 0.357 e. The van der Waals surface area contributed by atoms with Gasteiger partial charge in [0, 0.05) is 30.3 Å². The molecule has 5 heteroatoms. The van der Waals surface area contributed by atoms with Gasteiger partial charge in [0.1, 0.15) is 0 Å². The molecule has 0 saturated heterocycles. The van der Waals surface area contributed by atoms with Gasteiger partial charge in [-0.05, 0) is 36.6 Å². The topological polar surface area (TPSA) is 44.7 Å². The third-order valence-electron chi connectivity index (χ3n) is 4.31. The smallest absolute Gasteiger partial charge is 0.194 e. The van der Waals surface area contributed by atoms with Gasteiger partial charge < -0.3 is 10.2 Å². The first-order valence-corrected chi connectivity index (χ1v) is 10.1. The molecular formula is C20H25N3OS. The molecule has 0 aliphatic carbocycles. The average Bonchev–Trinajstić information content (AvgIpc) is 2.67. The molecule has 1 aliphatic rings. The fourth-order valence-corrected chi connectivity index (χ4v) is 3.98. The average molecular weight is 356 g/mol. The van der Waals surface area contributed by atoms with Gasteiger partial charge in [-0.15, -0.1) is 0 Å². The highest BCUT2D eigenvalue weighted by Crippen LogP contribution is 2.18. The normalized spacial score (nSPS) is 15.6. The summed E-state index contributed by atoms with van der Waals surface area (Å²) < 4.78 is 12.3. The van der Waals surface area contributed by atoms with Crippen molar-refractivity contribution in [1.29, 1.82) is 0 Å². The number of rotatable bonds is 5. The summed E-state index contributed by atoms with van der Waals surface area (Å²) in [5, 5.41) is 3.37. The summed E-state index contributed by atoms with van der Waals surface area (Å²) in [5.74, 6) is 1.46. The monoisotopic (exact) mass is 355 g/mol. The van der Waals surface area contributed by atoms with Crippen LogP contribution in [0.25, 0.3) is 0 Å². The van der Waals surface area contributed by atoms with Crippen LogP contribution in [0.2, 0.25) is 0 Å². The van der Waals surface area contributed by atoms with Crippen LogP contribution >= 0.6 is 0 Å². The minimum absolute atomic E-state index is 0.545. The molecule has 0 bridgehead atoms. The lowest BCUT2D eigenvalue weighted by molar-refractivity contribution is 0.379. The van der Waals surface area contributed by atoms with Crippen LogP contribution in [-0.2, 0) is 23.8 Å². The lowest BCUT2D eigenvalue weighted by Gasteiger charge is -2.31. The van der Waals surface area contributed by atoms with E-state index < -0.39 is 10.8 Å². The minimum Gasteiger partial charge on any atom is -0.357 e. The quantitative estimate of drug-likeness (QED) is 0.663. The molecule has 132 valence electrons. The van der Waals surface area contributed by atoms with Crippen LogP contribution in [0.5, 0.6) is 0 Å². The number of aliphatic imine (C=N–C) groups is 1. The third-order valence-corrected chi connectivity index (χ3v) is 5.66. The van der Waals surface area contributed by atoms with E-state index in [1.54, 1.807) is 0 Å². The lowest BCUT2D eigenvalue weighted by atomic mass is 10.0. The van der Waals surface area contributed by atoms with E-state index in [0.29, 0.717) is 12.3 Å². The Hall–Kier alpha value is -2.14. The molecule has 0 fully saturated rings. The van der Waals surface area contributed by atoms with Crippen LogP contribution in [0.15, 0.2) is 64.5 Å². The number of nitrogens with one attached hydrogen (secondary N) is 1. The molecule has 3 rings (SSSR count). The zero-order chi connectivity index (χ0) is 17.5. The second-order valence-electron chi connectivity index (χ2n) is 6.04. The summed E-state index contributed by atoms with van der Waals surface area (Å²) in [6.07, 6.45) is 1.04. The first-order valence-electron chi connectivity index (χ1n) is 8.81. The first-order chi connectivity index (χ1) is 12.3. The van der Waals surface area contributed by atoms with Crippen molar-refractivity contribution in [2.24, 2.45) is 4.99 Å². The fraction of sp³-hybridized carbons (Fsp3) is 0.350. The van der Waals surface area contributed by atoms with Gasteiger partial charge in [-0.3, -0.25) is 9.20 Å². The maximum atomic E-state index is 12.3. The molecule has 1 aliphatic heterocycles.